The summed E-state index contributed by atoms with van der Waals surface area (Å²) in [5, 5.41) is 14.0. The summed E-state index contributed by atoms with van der Waals surface area (Å²) in [6.07, 6.45) is 5.04. The third-order valence-electron chi connectivity index (χ3n) is 4.63. The summed E-state index contributed by atoms with van der Waals surface area (Å²) in [5.74, 6) is 0.530. The number of nitrogens with zero attached hydrogens (tertiary/aromatic N) is 6. The van der Waals surface area contributed by atoms with E-state index in [-0.39, 0.29) is 5.56 Å². The van der Waals surface area contributed by atoms with Crippen molar-refractivity contribution in [3.8, 4) is 22.8 Å². The zero-order valence-electron chi connectivity index (χ0n) is 15.3. The van der Waals surface area contributed by atoms with Crippen molar-refractivity contribution in [2.75, 3.05) is 0 Å². The molecule has 5 aromatic rings. The third-order valence-corrected chi connectivity index (χ3v) is 4.63. The molecule has 0 bridgehead atoms. The van der Waals surface area contributed by atoms with Crippen LogP contribution >= 0.6 is 0 Å². The molecule has 0 radical (unpaired) electrons. The monoisotopic (exact) mass is 384 g/mol. The summed E-state index contributed by atoms with van der Waals surface area (Å²) in [5.41, 5.74) is 1.99. The fourth-order valence-corrected chi connectivity index (χ4v) is 3.11. The lowest BCUT2D eigenvalue weighted by Gasteiger charge is -2.05. The van der Waals surface area contributed by atoms with E-state index in [1.54, 1.807) is 29.4 Å². The smallest absolute Gasteiger partial charge is 0.274 e. The molecular formula is C21H16N6O2. The summed E-state index contributed by atoms with van der Waals surface area (Å²) >= 11 is 0. The normalized spacial score (nSPS) is 11.2. The van der Waals surface area contributed by atoms with Crippen LogP contribution in [0, 0.1) is 0 Å². The Morgan fingerprint density at radius 3 is 2.66 bits per heavy atom. The number of hydrogen-bond acceptors (Lipinski definition) is 6. The molecule has 0 unspecified atom stereocenters. The lowest BCUT2D eigenvalue weighted by Crippen LogP contribution is -2.25. The van der Waals surface area contributed by atoms with Gasteiger partial charge in [0.25, 0.3) is 5.56 Å². The van der Waals surface area contributed by atoms with Crippen LogP contribution in [0.1, 0.15) is 0 Å². The number of aryl methyl sites for hydroxylation is 2. The van der Waals surface area contributed by atoms with E-state index in [9.17, 15) is 4.79 Å². The molecule has 0 amide bonds. The molecule has 142 valence electrons. The number of rotatable bonds is 5. The van der Waals surface area contributed by atoms with E-state index in [4.69, 9.17) is 4.42 Å². The maximum atomic E-state index is 12.5. The van der Waals surface area contributed by atoms with Gasteiger partial charge in [-0.05, 0) is 18.2 Å². The third kappa shape index (κ3) is 3.31. The topological polar surface area (TPSA) is 91.6 Å². The SMILES string of the molecule is O=c1c2ccccc2cnn1CCn1cc(-c2coc(-c3ccccc3)n2)nn1. The Kier molecular flexibility index (Phi) is 4.21. The van der Waals surface area contributed by atoms with Gasteiger partial charge in [0.15, 0.2) is 0 Å². The second-order valence-corrected chi connectivity index (χ2v) is 6.53. The van der Waals surface area contributed by atoms with Gasteiger partial charge in [-0.3, -0.25) is 4.79 Å². The van der Waals surface area contributed by atoms with Gasteiger partial charge in [-0.25, -0.2) is 14.3 Å². The molecule has 2 aromatic carbocycles. The number of oxazole rings is 1. The maximum Gasteiger partial charge on any atom is 0.274 e. The van der Waals surface area contributed by atoms with Gasteiger partial charge in [-0.15, -0.1) is 5.10 Å². The molecule has 8 heteroatoms. The van der Waals surface area contributed by atoms with Gasteiger partial charge < -0.3 is 4.42 Å². The molecule has 5 rings (SSSR count). The highest BCUT2D eigenvalue weighted by Crippen LogP contribution is 2.22. The van der Waals surface area contributed by atoms with Crippen molar-refractivity contribution >= 4 is 10.8 Å². The predicted molar refractivity (Wildman–Crippen MR) is 107 cm³/mol. The first kappa shape index (κ1) is 17.1. The van der Waals surface area contributed by atoms with Gasteiger partial charge in [0.2, 0.25) is 5.89 Å². The Balaban J connectivity index is 1.33. The molecule has 3 heterocycles. The molecule has 3 aromatic heterocycles. The summed E-state index contributed by atoms with van der Waals surface area (Å²) in [6, 6.07) is 17.1. The minimum Gasteiger partial charge on any atom is -0.444 e. The van der Waals surface area contributed by atoms with Crippen LogP contribution in [0.4, 0.5) is 0 Å². The van der Waals surface area contributed by atoms with Gasteiger partial charge in [-0.2, -0.15) is 5.10 Å². The van der Waals surface area contributed by atoms with Crippen molar-refractivity contribution < 1.29 is 4.42 Å². The summed E-state index contributed by atoms with van der Waals surface area (Å²) < 4.78 is 8.66. The summed E-state index contributed by atoms with van der Waals surface area (Å²) in [7, 11) is 0. The van der Waals surface area contributed by atoms with Gasteiger partial charge in [0.1, 0.15) is 17.7 Å². The van der Waals surface area contributed by atoms with Crippen molar-refractivity contribution in [3.05, 3.63) is 83.6 Å². The van der Waals surface area contributed by atoms with Crippen LogP contribution < -0.4 is 5.56 Å². The van der Waals surface area contributed by atoms with Crippen molar-refractivity contribution in [1.82, 2.24) is 29.8 Å². The Morgan fingerprint density at radius 2 is 1.76 bits per heavy atom. The molecule has 0 spiro atoms. The first-order valence-electron chi connectivity index (χ1n) is 9.14. The van der Waals surface area contributed by atoms with E-state index in [0.717, 1.165) is 10.9 Å². The van der Waals surface area contributed by atoms with E-state index in [2.05, 4.69) is 20.4 Å². The zero-order chi connectivity index (χ0) is 19.6. The van der Waals surface area contributed by atoms with Crippen LogP contribution in [0.5, 0.6) is 0 Å². The molecule has 0 N–H and O–H groups in total. The maximum absolute atomic E-state index is 12.5. The van der Waals surface area contributed by atoms with Crippen molar-refractivity contribution in [1.29, 1.82) is 0 Å². The zero-order valence-corrected chi connectivity index (χ0v) is 15.3. The number of hydrogen-bond donors (Lipinski definition) is 0. The highest BCUT2D eigenvalue weighted by atomic mass is 16.3. The van der Waals surface area contributed by atoms with E-state index in [1.807, 2.05) is 48.5 Å². The second-order valence-electron chi connectivity index (χ2n) is 6.53. The molecule has 0 saturated carbocycles. The van der Waals surface area contributed by atoms with Crippen LogP contribution in [-0.4, -0.2) is 29.8 Å². The van der Waals surface area contributed by atoms with Crippen molar-refractivity contribution in [2.24, 2.45) is 0 Å². The molecule has 0 aliphatic heterocycles. The Morgan fingerprint density at radius 1 is 0.931 bits per heavy atom. The standard InChI is InChI=1S/C21H16N6O2/c28-21-17-9-5-4-8-16(17)12-22-27(21)11-10-26-13-18(24-25-26)19-14-29-20(23-19)15-6-2-1-3-7-15/h1-9,12-14H,10-11H2. The van der Waals surface area contributed by atoms with Crippen LogP contribution in [0.2, 0.25) is 0 Å². The van der Waals surface area contributed by atoms with E-state index < -0.39 is 0 Å². The van der Waals surface area contributed by atoms with Crippen LogP contribution in [0.25, 0.3) is 33.6 Å². The van der Waals surface area contributed by atoms with Gasteiger partial charge >= 0.3 is 0 Å². The molecule has 0 fully saturated rings. The number of aromatic nitrogens is 6. The lowest BCUT2D eigenvalue weighted by molar-refractivity contribution is 0.476. The van der Waals surface area contributed by atoms with Crippen LogP contribution in [0.15, 0.2) is 82.5 Å². The average molecular weight is 384 g/mol. The van der Waals surface area contributed by atoms with Crippen LogP contribution in [-0.2, 0) is 13.1 Å². The van der Waals surface area contributed by atoms with Gasteiger partial charge in [0.05, 0.1) is 30.9 Å². The first-order valence-corrected chi connectivity index (χ1v) is 9.14. The van der Waals surface area contributed by atoms with E-state index in [0.29, 0.717) is 35.8 Å². The highest BCUT2D eigenvalue weighted by molar-refractivity contribution is 5.80. The minimum absolute atomic E-state index is 0.118. The molecule has 8 nitrogen and oxygen atoms in total. The lowest BCUT2D eigenvalue weighted by atomic mass is 10.2. The van der Waals surface area contributed by atoms with Crippen LogP contribution in [0.3, 0.4) is 0 Å². The van der Waals surface area contributed by atoms with Crippen molar-refractivity contribution in [3.63, 3.8) is 0 Å². The fourth-order valence-electron chi connectivity index (χ4n) is 3.11. The minimum atomic E-state index is -0.118. The fraction of sp³-hybridized carbons (Fsp3) is 0.0952. The number of benzene rings is 2. The Labute approximate surface area is 165 Å². The second kappa shape index (κ2) is 7.16. The molecule has 29 heavy (non-hydrogen) atoms. The molecule has 0 saturated heterocycles. The predicted octanol–water partition coefficient (Wildman–Crippen LogP) is 3.01. The summed E-state index contributed by atoms with van der Waals surface area (Å²) in [4.78, 5) is 17.0. The highest BCUT2D eigenvalue weighted by Gasteiger charge is 2.12. The van der Waals surface area contributed by atoms with E-state index in [1.165, 1.54) is 4.68 Å². The van der Waals surface area contributed by atoms with Crippen molar-refractivity contribution in [2.45, 2.75) is 13.1 Å². The van der Waals surface area contributed by atoms with Gasteiger partial charge in [-0.1, -0.05) is 41.6 Å². The summed E-state index contributed by atoms with van der Waals surface area (Å²) in [6.45, 7) is 0.849. The Bertz CT molecular complexity index is 1340. The largest absolute Gasteiger partial charge is 0.444 e. The quantitative estimate of drug-likeness (QED) is 0.463. The molecule has 0 aliphatic rings. The average Bonchev–Trinajstić information content (AvgIpc) is 3.44. The molecule has 0 aliphatic carbocycles. The van der Waals surface area contributed by atoms with Gasteiger partial charge in [0, 0.05) is 10.9 Å². The molecule has 0 atom stereocenters. The first-order chi connectivity index (χ1) is 14.3. The Hall–Kier alpha value is -4.07. The molecular weight excluding hydrogens is 368 g/mol. The number of fused-ring (bicyclic) bond motifs is 1. The van der Waals surface area contributed by atoms with E-state index >= 15 is 0 Å².